The van der Waals surface area contributed by atoms with Crippen LogP contribution < -0.4 is 26.4 Å². The first kappa shape index (κ1) is 26.9. The van der Waals surface area contributed by atoms with Gasteiger partial charge in [-0.15, -0.1) is 0 Å². The molecule has 0 fully saturated rings. The van der Waals surface area contributed by atoms with Crippen LogP contribution in [0.2, 0.25) is 0 Å². The van der Waals surface area contributed by atoms with E-state index in [1.54, 1.807) is 38.3 Å². The highest BCUT2D eigenvalue weighted by molar-refractivity contribution is 5.98. The van der Waals surface area contributed by atoms with Gasteiger partial charge in [-0.3, -0.25) is 14.4 Å². The highest BCUT2D eigenvalue weighted by atomic mass is 16.5. The SMILES string of the molecule is COc1ccc(NC(=O)[C@H](CC(C)C)NC(=O)[C@H](CCc2ccccc2)NC(=O)[C@@H](C)N)cc1. The zero-order chi connectivity index (χ0) is 25.1. The highest BCUT2D eigenvalue weighted by Crippen LogP contribution is 2.16. The summed E-state index contributed by atoms with van der Waals surface area (Å²) in [6.45, 7) is 5.51. The van der Waals surface area contributed by atoms with Crippen molar-refractivity contribution >= 4 is 23.4 Å². The molecule has 0 radical (unpaired) electrons. The van der Waals surface area contributed by atoms with Gasteiger partial charge < -0.3 is 26.4 Å². The predicted octanol–water partition coefficient (Wildman–Crippen LogP) is 2.63. The van der Waals surface area contributed by atoms with Crippen LogP contribution in [0.4, 0.5) is 5.69 Å². The van der Waals surface area contributed by atoms with E-state index >= 15 is 0 Å². The lowest BCUT2D eigenvalue weighted by atomic mass is 10.0. The van der Waals surface area contributed by atoms with Crippen LogP contribution in [0.15, 0.2) is 54.6 Å². The van der Waals surface area contributed by atoms with E-state index in [-0.39, 0.29) is 11.8 Å². The van der Waals surface area contributed by atoms with E-state index in [0.29, 0.717) is 30.7 Å². The average molecular weight is 469 g/mol. The summed E-state index contributed by atoms with van der Waals surface area (Å²) in [5, 5.41) is 8.41. The van der Waals surface area contributed by atoms with Crippen molar-refractivity contribution in [1.82, 2.24) is 10.6 Å². The lowest BCUT2D eigenvalue weighted by Crippen LogP contribution is -2.55. The minimum absolute atomic E-state index is 0.161. The van der Waals surface area contributed by atoms with Crippen LogP contribution in [-0.4, -0.2) is 43.0 Å². The third kappa shape index (κ3) is 8.86. The summed E-state index contributed by atoms with van der Waals surface area (Å²) >= 11 is 0. The molecule has 184 valence electrons. The van der Waals surface area contributed by atoms with Gasteiger partial charge in [-0.2, -0.15) is 0 Å². The fourth-order valence-corrected chi connectivity index (χ4v) is 3.41. The smallest absolute Gasteiger partial charge is 0.246 e. The number of hydrogen-bond donors (Lipinski definition) is 4. The lowest BCUT2D eigenvalue weighted by molar-refractivity contribution is -0.131. The molecule has 0 aliphatic carbocycles. The number of amides is 3. The number of rotatable bonds is 12. The zero-order valence-electron chi connectivity index (χ0n) is 20.3. The number of hydrogen-bond acceptors (Lipinski definition) is 5. The molecule has 3 atom stereocenters. The van der Waals surface area contributed by atoms with Crippen LogP contribution in [0.1, 0.15) is 39.2 Å². The Morgan fingerprint density at radius 2 is 1.47 bits per heavy atom. The number of anilines is 1. The van der Waals surface area contributed by atoms with Crippen LogP contribution in [0, 0.1) is 5.92 Å². The maximum atomic E-state index is 13.2. The Hall–Kier alpha value is -3.39. The van der Waals surface area contributed by atoms with E-state index in [2.05, 4.69) is 16.0 Å². The molecule has 0 heterocycles. The van der Waals surface area contributed by atoms with Gasteiger partial charge in [0.2, 0.25) is 17.7 Å². The molecule has 0 aromatic heterocycles. The number of ether oxygens (including phenoxy) is 1. The number of methoxy groups -OCH3 is 1. The van der Waals surface area contributed by atoms with E-state index in [9.17, 15) is 14.4 Å². The molecule has 0 saturated heterocycles. The van der Waals surface area contributed by atoms with Gasteiger partial charge in [0.05, 0.1) is 13.2 Å². The van der Waals surface area contributed by atoms with E-state index in [1.807, 2.05) is 44.2 Å². The summed E-state index contributed by atoms with van der Waals surface area (Å²) in [5.74, 6) is -0.325. The lowest BCUT2D eigenvalue weighted by Gasteiger charge is -2.25. The number of carbonyl (C=O) groups excluding carboxylic acids is 3. The Labute approximate surface area is 201 Å². The van der Waals surface area contributed by atoms with E-state index < -0.39 is 29.9 Å². The van der Waals surface area contributed by atoms with Crippen LogP contribution in [0.5, 0.6) is 5.75 Å². The average Bonchev–Trinajstić information content (AvgIpc) is 2.81. The Kier molecular flexibility index (Phi) is 10.5. The number of nitrogens with one attached hydrogen (secondary N) is 3. The maximum absolute atomic E-state index is 13.2. The van der Waals surface area contributed by atoms with Crippen LogP contribution >= 0.6 is 0 Å². The molecule has 3 amide bonds. The molecular weight excluding hydrogens is 432 g/mol. The maximum Gasteiger partial charge on any atom is 0.246 e. The molecular formula is C26H36N4O4. The highest BCUT2D eigenvalue weighted by Gasteiger charge is 2.28. The molecule has 8 heteroatoms. The second-order valence-electron chi connectivity index (χ2n) is 8.78. The van der Waals surface area contributed by atoms with Crippen molar-refractivity contribution in [2.75, 3.05) is 12.4 Å². The molecule has 2 aromatic carbocycles. The molecule has 0 spiro atoms. The Morgan fingerprint density at radius 1 is 0.853 bits per heavy atom. The third-order valence-electron chi connectivity index (χ3n) is 5.31. The topological polar surface area (TPSA) is 123 Å². The first-order chi connectivity index (χ1) is 16.2. The summed E-state index contributed by atoms with van der Waals surface area (Å²) < 4.78 is 5.14. The van der Waals surface area contributed by atoms with Gasteiger partial charge in [0.15, 0.2) is 0 Å². The standard InChI is InChI=1S/C26H36N4O4/c1-17(2)16-23(26(33)28-20-11-13-21(34-4)14-12-20)30-25(32)22(29-24(31)18(3)27)15-10-19-8-6-5-7-9-19/h5-9,11-14,17-18,22-23H,10,15-16,27H2,1-4H3,(H,28,33)(H,29,31)(H,30,32)/t18-,22+,23+/m1/s1. The molecule has 2 rings (SSSR count). The molecule has 34 heavy (non-hydrogen) atoms. The van der Waals surface area contributed by atoms with Crippen LogP contribution in [0.3, 0.4) is 0 Å². The first-order valence-corrected chi connectivity index (χ1v) is 11.5. The van der Waals surface area contributed by atoms with Crippen molar-refractivity contribution in [1.29, 1.82) is 0 Å². The third-order valence-corrected chi connectivity index (χ3v) is 5.31. The van der Waals surface area contributed by atoms with Crippen LogP contribution in [0.25, 0.3) is 0 Å². The van der Waals surface area contributed by atoms with Gasteiger partial charge in [0.25, 0.3) is 0 Å². The fraction of sp³-hybridized carbons (Fsp3) is 0.423. The van der Waals surface area contributed by atoms with Gasteiger partial charge in [-0.05, 0) is 61.9 Å². The Balaban J connectivity index is 2.12. The van der Waals surface area contributed by atoms with Crippen molar-refractivity contribution in [3.63, 3.8) is 0 Å². The van der Waals surface area contributed by atoms with Crippen molar-refractivity contribution in [2.24, 2.45) is 11.7 Å². The van der Waals surface area contributed by atoms with E-state index in [1.165, 1.54) is 0 Å². The van der Waals surface area contributed by atoms with Gasteiger partial charge in [-0.25, -0.2) is 0 Å². The molecule has 0 bridgehead atoms. The van der Waals surface area contributed by atoms with Crippen molar-refractivity contribution in [3.8, 4) is 5.75 Å². The minimum Gasteiger partial charge on any atom is -0.497 e. The number of carbonyl (C=O) groups is 3. The number of benzene rings is 2. The van der Waals surface area contributed by atoms with E-state index in [0.717, 1.165) is 5.56 Å². The number of nitrogens with two attached hydrogens (primary N) is 1. The van der Waals surface area contributed by atoms with Crippen molar-refractivity contribution in [3.05, 3.63) is 60.2 Å². The summed E-state index contributed by atoms with van der Waals surface area (Å²) in [6, 6.07) is 14.3. The molecule has 0 unspecified atom stereocenters. The quantitative estimate of drug-likeness (QED) is 0.381. The van der Waals surface area contributed by atoms with Crippen LogP contribution in [-0.2, 0) is 20.8 Å². The molecule has 0 saturated carbocycles. The van der Waals surface area contributed by atoms with Gasteiger partial charge in [-0.1, -0.05) is 44.2 Å². The molecule has 0 aliphatic heterocycles. The van der Waals surface area contributed by atoms with Gasteiger partial charge >= 0.3 is 0 Å². The van der Waals surface area contributed by atoms with E-state index in [4.69, 9.17) is 10.5 Å². The molecule has 2 aromatic rings. The second kappa shape index (κ2) is 13.3. The predicted molar refractivity (Wildman–Crippen MR) is 133 cm³/mol. The second-order valence-corrected chi connectivity index (χ2v) is 8.78. The number of aryl methyl sites for hydroxylation is 1. The molecule has 0 aliphatic rings. The fourth-order valence-electron chi connectivity index (χ4n) is 3.41. The van der Waals surface area contributed by atoms with Gasteiger partial charge in [0.1, 0.15) is 17.8 Å². The van der Waals surface area contributed by atoms with Crippen molar-refractivity contribution in [2.45, 2.75) is 58.2 Å². The Bertz CT molecular complexity index is 930. The van der Waals surface area contributed by atoms with Crippen molar-refractivity contribution < 1.29 is 19.1 Å². The summed E-state index contributed by atoms with van der Waals surface area (Å²) in [6.07, 6.45) is 1.41. The largest absolute Gasteiger partial charge is 0.497 e. The summed E-state index contributed by atoms with van der Waals surface area (Å²) in [4.78, 5) is 38.5. The Morgan fingerprint density at radius 3 is 2.03 bits per heavy atom. The summed E-state index contributed by atoms with van der Waals surface area (Å²) in [7, 11) is 1.57. The summed E-state index contributed by atoms with van der Waals surface area (Å²) in [5.41, 5.74) is 7.34. The monoisotopic (exact) mass is 468 g/mol. The van der Waals surface area contributed by atoms with Gasteiger partial charge in [0, 0.05) is 5.69 Å². The molecule has 5 N–H and O–H groups in total. The first-order valence-electron chi connectivity index (χ1n) is 11.5. The molecule has 8 nitrogen and oxygen atoms in total. The zero-order valence-corrected chi connectivity index (χ0v) is 20.3. The minimum atomic E-state index is -0.817. The normalized spacial score (nSPS) is 13.5.